The van der Waals surface area contributed by atoms with E-state index >= 15 is 0 Å². The Labute approximate surface area is 128 Å². The van der Waals surface area contributed by atoms with Gasteiger partial charge in [-0.05, 0) is 35.3 Å². The van der Waals surface area contributed by atoms with Crippen molar-refractivity contribution in [1.29, 1.82) is 0 Å². The number of nitrogens with one attached hydrogen (secondary N) is 1. The maximum atomic E-state index is 4.54. The molecular weight excluding hydrogens is 304 g/mol. The largest absolute Gasteiger partial charge is 0.357 e. The van der Waals surface area contributed by atoms with Crippen LogP contribution in [0.4, 0.5) is 5.95 Å². The van der Waals surface area contributed by atoms with E-state index in [1.807, 2.05) is 47.3 Å². The van der Waals surface area contributed by atoms with Gasteiger partial charge in [0.05, 0.1) is 0 Å². The summed E-state index contributed by atoms with van der Waals surface area (Å²) in [6.45, 7) is 0. The quantitative estimate of drug-likeness (QED) is 0.586. The number of thiophene rings is 1. The molecule has 0 fully saturated rings. The number of nitrogens with zero attached hydrogens (tertiary/aromatic N) is 5. The van der Waals surface area contributed by atoms with Crippen LogP contribution in [0.2, 0.25) is 0 Å². The van der Waals surface area contributed by atoms with Gasteiger partial charge in [0.25, 0.3) is 0 Å². The van der Waals surface area contributed by atoms with Crippen LogP contribution < -0.4 is 5.32 Å². The Bertz CT molecular complexity index is 929. The summed E-state index contributed by atoms with van der Waals surface area (Å²) in [5.41, 5.74) is 0.824. The monoisotopic (exact) mass is 314 g/mol. The zero-order valence-electron chi connectivity index (χ0n) is 11.0. The molecule has 4 heterocycles. The number of fused-ring (bicyclic) bond motifs is 2. The molecule has 0 unspecified atom stereocenters. The van der Waals surface area contributed by atoms with Crippen LogP contribution in [0.3, 0.4) is 0 Å². The van der Waals surface area contributed by atoms with Gasteiger partial charge in [0.15, 0.2) is 5.65 Å². The van der Waals surface area contributed by atoms with Crippen molar-refractivity contribution >= 4 is 44.9 Å². The van der Waals surface area contributed by atoms with Gasteiger partial charge < -0.3 is 5.32 Å². The lowest BCUT2D eigenvalue weighted by Gasteiger charge is -2.04. The number of hydrogen-bond acceptors (Lipinski definition) is 7. The Morgan fingerprint density at radius 2 is 2.14 bits per heavy atom. The van der Waals surface area contributed by atoms with Crippen LogP contribution in [0, 0.1) is 0 Å². The summed E-state index contributed by atoms with van der Waals surface area (Å²) in [6, 6.07) is 7.86. The van der Waals surface area contributed by atoms with Crippen LogP contribution in [0.5, 0.6) is 0 Å². The fourth-order valence-electron chi connectivity index (χ4n) is 1.99. The van der Waals surface area contributed by atoms with E-state index in [-0.39, 0.29) is 0 Å². The first kappa shape index (κ1) is 12.5. The SMILES string of the molecule is CNc1nc(Sc2nnc3ccccn23)c2ccsc2n1. The lowest BCUT2D eigenvalue weighted by Crippen LogP contribution is -1.97. The summed E-state index contributed by atoms with van der Waals surface area (Å²) in [5, 5.41) is 16.1. The van der Waals surface area contributed by atoms with Crippen molar-refractivity contribution in [1.82, 2.24) is 24.6 Å². The summed E-state index contributed by atoms with van der Waals surface area (Å²) in [4.78, 5) is 9.95. The highest BCUT2D eigenvalue weighted by molar-refractivity contribution is 7.99. The van der Waals surface area contributed by atoms with Gasteiger partial charge in [0.1, 0.15) is 9.86 Å². The van der Waals surface area contributed by atoms with Crippen molar-refractivity contribution in [2.24, 2.45) is 0 Å². The number of pyridine rings is 1. The van der Waals surface area contributed by atoms with Crippen molar-refractivity contribution in [3.05, 3.63) is 35.8 Å². The molecule has 0 atom stereocenters. The Hall–Kier alpha value is -2.19. The molecule has 4 rings (SSSR count). The third-order valence-electron chi connectivity index (χ3n) is 2.98. The van der Waals surface area contributed by atoms with Gasteiger partial charge >= 0.3 is 0 Å². The minimum atomic E-state index is 0.612. The Kier molecular flexibility index (Phi) is 2.97. The van der Waals surface area contributed by atoms with E-state index in [1.54, 1.807) is 11.3 Å². The first-order chi connectivity index (χ1) is 10.3. The summed E-state index contributed by atoms with van der Waals surface area (Å²) in [6.07, 6.45) is 1.95. The zero-order chi connectivity index (χ0) is 14.2. The molecule has 0 aliphatic carbocycles. The second kappa shape index (κ2) is 4.97. The van der Waals surface area contributed by atoms with Gasteiger partial charge in [-0.25, -0.2) is 9.97 Å². The number of rotatable bonds is 3. The maximum Gasteiger partial charge on any atom is 0.224 e. The van der Waals surface area contributed by atoms with Crippen molar-refractivity contribution in [2.75, 3.05) is 12.4 Å². The standard InChI is InChI=1S/C13H10N6S2/c1-14-12-15-10-8(5-7-20-10)11(16-12)21-13-18-17-9-4-2-3-6-19(9)13/h2-7H,1H3,(H,14,15,16). The van der Waals surface area contributed by atoms with Gasteiger partial charge in [-0.2, -0.15) is 0 Å². The molecule has 0 bridgehead atoms. The molecule has 21 heavy (non-hydrogen) atoms. The first-order valence-electron chi connectivity index (χ1n) is 6.26. The van der Waals surface area contributed by atoms with Crippen LogP contribution in [0.15, 0.2) is 46.0 Å². The minimum absolute atomic E-state index is 0.612. The predicted octanol–water partition coefficient (Wildman–Crippen LogP) is 2.93. The van der Waals surface area contributed by atoms with Crippen molar-refractivity contribution in [3.63, 3.8) is 0 Å². The van der Waals surface area contributed by atoms with Crippen molar-refractivity contribution in [3.8, 4) is 0 Å². The predicted molar refractivity (Wildman–Crippen MR) is 84.1 cm³/mol. The lowest BCUT2D eigenvalue weighted by molar-refractivity contribution is 0.918. The summed E-state index contributed by atoms with van der Waals surface area (Å²) in [5.74, 6) is 0.612. The molecule has 0 aliphatic rings. The summed E-state index contributed by atoms with van der Waals surface area (Å²) in [7, 11) is 1.82. The molecular formula is C13H10N6S2. The molecule has 1 N–H and O–H groups in total. The highest BCUT2D eigenvalue weighted by Crippen LogP contribution is 2.33. The number of anilines is 1. The second-order valence-corrected chi connectivity index (χ2v) is 6.11. The molecule has 0 saturated carbocycles. The third kappa shape index (κ3) is 2.12. The summed E-state index contributed by atoms with van der Waals surface area (Å²) < 4.78 is 1.95. The van der Waals surface area contributed by atoms with Gasteiger partial charge in [0.2, 0.25) is 11.1 Å². The van der Waals surface area contributed by atoms with E-state index in [0.29, 0.717) is 5.95 Å². The van der Waals surface area contributed by atoms with Crippen LogP contribution in [-0.4, -0.2) is 31.6 Å². The van der Waals surface area contributed by atoms with Gasteiger partial charge in [-0.15, -0.1) is 21.5 Å². The average Bonchev–Trinajstić information content (AvgIpc) is 3.14. The topological polar surface area (TPSA) is 68.0 Å². The van der Waals surface area contributed by atoms with E-state index in [1.165, 1.54) is 11.8 Å². The minimum Gasteiger partial charge on any atom is -0.357 e. The van der Waals surface area contributed by atoms with Crippen LogP contribution in [0.25, 0.3) is 15.9 Å². The molecule has 0 radical (unpaired) electrons. The first-order valence-corrected chi connectivity index (χ1v) is 7.95. The molecule has 4 aromatic heterocycles. The Morgan fingerprint density at radius 1 is 1.19 bits per heavy atom. The van der Waals surface area contributed by atoms with E-state index in [2.05, 4.69) is 25.5 Å². The molecule has 0 aliphatic heterocycles. The zero-order valence-corrected chi connectivity index (χ0v) is 12.6. The van der Waals surface area contributed by atoms with Crippen LogP contribution in [-0.2, 0) is 0 Å². The average molecular weight is 314 g/mol. The van der Waals surface area contributed by atoms with Crippen molar-refractivity contribution < 1.29 is 0 Å². The molecule has 104 valence electrons. The molecule has 0 amide bonds. The normalized spacial score (nSPS) is 11.3. The second-order valence-electron chi connectivity index (χ2n) is 4.26. The molecule has 0 aromatic carbocycles. The van der Waals surface area contributed by atoms with Gasteiger partial charge in [0, 0.05) is 18.6 Å². The Morgan fingerprint density at radius 3 is 3.05 bits per heavy atom. The Balaban J connectivity index is 1.85. The molecule has 8 heteroatoms. The van der Waals surface area contributed by atoms with E-state index in [9.17, 15) is 0 Å². The third-order valence-corrected chi connectivity index (χ3v) is 4.76. The van der Waals surface area contributed by atoms with Crippen molar-refractivity contribution in [2.45, 2.75) is 10.2 Å². The molecule has 0 saturated heterocycles. The number of hydrogen-bond donors (Lipinski definition) is 1. The van der Waals surface area contributed by atoms with E-state index < -0.39 is 0 Å². The summed E-state index contributed by atoms with van der Waals surface area (Å²) >= 11 is 3.09. The number of aromatic nitrogens is 5. The molecule has 0 spiro atoms. The van der Waals surface area contributed by atoms with Gasteiger partial charge in [-0.1, -0.05) is 6.07 Å². The highest BCUT2D eigenvalue weighted by atomic mass is 32.2. The van der Waals surface area contributed by atoms with E-state index in [4.69, 9.17) is 0 Å². The molecule has 6 nitrogen and oxygen atoms in total. The van der Waals surface area contributed by atoms with E-state index in [0.717, 1.165) is 26.0 Å². The molecule has 4 aromatic rings. The highest BCUT2D eigenvalue weighted by Gasteiger charge is 2.13. The lowest BCUT2D eigenvalue weighted by atomic mass is 10.4. The van der Waals surface area contributed by atoms with Crippen LogP contribution >= 0.6 is 23.1 Å². The smallest absolute Gasteiger partial charge is 0.224 e. The fourth-order valence-corrected chi connectivity index (χ4v) is 3.74. The van der Waals surface area contributed by atoms with Gasteiger partial charge in [-0.3, -0.25) is 4.40 Å². The van der Waals surface area contributed by atoms with Crippen LogP contribution in [0.1, 0.15) is 0 Å². The fraction of sp³-hybridized carbons (Fsp3) is 0.0769. The maximum absolute atomic E-state index is 4.54.